The van der Waals surface area contributed by atoms with Crippen LogP contribution in [0.3, 0.4) is 0 Å². The van der Waals surface area contributed by atoms with Crippen molar-refractivity contribution in [2.75, 3.05) is 6.79 Å². The van der Waals surface area contributed by atoms with Crippen molar-refractivity contribution in [2.24, 2.45) is 0 Å². The molecule has 126 valence electrons. The van der Waals surface area contributed by atoms with E-state index in [1.54, 1.807) is 0 Å². The molecule has 5 nitrogen and oxygen atoms in total. The van der Waals surface area contributed by atoms with E-state index in [9.17, 15) is 4.79 Å². The molecule has 0 aromatic heterocycles. The Labute approximate surface area is 142 Å². The van der Waals surface area contributed by atoms with Crippen molar-refractivity contribution in [1.82, 2.24) is 10.6 Å². The van der Waals surface area contributed by atoms with Crippen molar-refractivity contribution in [3.8, 4) is 11.5 Å². The fourth-order valence-electron chi connectivity index (χ4n) is 2.61. The third-order valence-corrected chi connectivity index (χ3v) is 3.98. The lowest BCUT2D eigenvalue weighted by atomic mass is 10.1. The molecule has 1 aliphatic rings. The molecule has 0 saturated heterocycles. The number of urea groups is 1. The zero-order valence-electron chi connectivity index (χ0n) is 13.7. The van der Waals surface area contributed by atoms with Crippen LogP contribution in [-0.4, -0.2) is 18.9 Å². The van der Waals surface area contributed by atoms with Gasteiger partial charge < -0.3 is 20.1 Å². The van der Waals surface area contributed by atoms with Crippen LogP contribution in [-0.2, 0) is 13.0 Å². The normalized spacial score (nSPS) is 13.4. The van der Waals surface area contributed by atoms with Gasteiger partial charge in [0.1, 0.15) is 0 Å². The molecule has 0 aliphatic carbocycles. The third-order valence-electron chi connectivity index (χ3n) is 3.98. The highest BCUT2D eigenvalue weighted by Gasteiger charge is 2.13. The van der Waals surface area contributed by atoms with Crippen LogP contribution in [0.2, 0.25) is 0 Å². The molecule has 1 aliphatic heterocycles. The van der Waals surface area contributed by atoms with E-state index in [0.717, 1.165) is 29.9 Å². The van der Waals surface area contributed by atoms with Gasteiger partial charge in [0, 0.05) is 12.6 Å². The Morgan fingerprint density at radius 3 is 2.71 bits per heavy atom. The molecule has 3 rings (SSSR count). The average molecular weight is 326 g/mol. The summed E-state index contributed by atoms with van der Waals surface area (Å²) in [4.78, 5) is 12.0. The lowest BCUT2D eigenvalue weighted by Crippen LogP contribution is -2.40. The summed E-state index contributed by atoms with van der Waals surface area (Å²) < 4.78 is 10.6. The van der Waals surface area contributed by atoms with E-state index in [4.69, 9.17) is 9.47 Å². The molecule has 0 fully saturated rings. The smallest absolute Gasteiger partial charge is 0.315 e. The molecule has 2 amide bonds. The summed E-state index contributed by atoms with van der Waals surface area (Å²) in [7, 11) is 0. The molecule has 0 bridgehead atoms. The highest BCUT2D eigenvalue weighted by Crippen LogP contribution is 2.32. The van der Waals surface area contributed by atoms with Crippen LogP contribution in [0.4, 0.5) is 4.79 Å². The van der Waals surface area contributed by atoms with Gasteiger partial charge >= 0.3 is 6.03 Å². The molecule has 1 atom stereocenters. The average Bonchev–Trinajstić information content (AvgIpc) is 3.07. The number of aryl methyl sites for hydroxylation is 1. The van der Waals surface area contributed by atoms with Gasteiger partial charge in [-0.05, 0) is 43.0 Å². The van der Waals surface area contributed by atoms with Crippen molar-refractivity contribution in [1.29, 1.82) is 0 Å². The minimum absolute atomic E-state index is 0.113. The second-order valence-electron chi connectivity index (χ2n) is 5.94. The van der Waals surface area contributed by atoms with Crippen LogP contribution >= 0.6 is 0 Å². The van der Waals surface area contributed by atoms with Crippen LogP contribution in [0.15, 0.2) is 48.5 Å². The molecule has 0 spiro atoms. The highest BCUT2D eigenvalue weighted by atomic mass is 16.7. The number of nitrogens with one attached hydrogen (secondary N) is 2. The molecule has 1 unspecified atom stereocenters. The maximum absolute atomic E-state index is 12.0. The Bertz CT molecular complexity index is 688. The van der Waals surface area contributed by atoms with Gasteiger partial charge in [-0.3, -0.25) is 0 Å². The van der Waals surface area contributed by atoms with E-state index < -0.39 is 0 Å². The lowest BCUT2D eigenvalue weighted by molar-refractivity contribution is 0.174. The predicted octanol–water partition coefficient (Wildman–Crippen LogP) is 3.24. The first kappa shape index (κ1) is 16.2. The molecule has 24 heavy (non-hydrogen) atoms. The van der Waals surface area contributed by atoms with Crippen LogP contribution < -0.4 is 20.1 Å². The van der Waals surface area contributed by atoms with Gasteiger partial charge in [-0.25, -0.2) is 4.79 Å². The summed E-state index contributed by atoms with van der Waals surface area (Å²) in [5.74, 6) is 1.48. The minimum Gasteiger partial charge on any atom is -0.454 e. The number of hydrogen-bond acceptors (Lipinski definition) is 3. The zero-order chi connectivity index (χ0) is 16.8. The largest absolute Gasteiger partial charge is 0.454 e. The molecular weight excluding hydrogens is 304 g/mol. The number of fused-ring (bicyclic) bond motifs is 1. The van der Waals surface area contributed by atoms with Gasteiger partial charge in [0.2, 0.25) is 6.79 Å². The Hall–Kier alpha value is -2.69. The SMILES string of the molecule is CC(CCc1ccccc1)NC(=O)NCc1ccc2c(c1)OCO2. The van der Waals surface area contributed by atoms with E-state index in [1.807, 2.05) is 43.3 Å². The molecule has 5 heteroatoms. The molecule has 2 aromatic rings. The van der Waals surface area contributed by atoms with Crippen LogP contribution in [0.25, 0.3) is 0 Å². The second-order valence-corrected chi connectivity index (χ2v) is 5.94. The summed E-state index contributed by atoms with van der Waals surface area (Å²) in [6.07, 6.45) is 1.85. The van der Waals surface area contributed by atoms with Crippen molar-refractivity contribution in [2.45, 2.75) is 32.4 Å². The summed E-state index contributed by atoms with van der Waals surface area (Å²) in [6.45, 7) is 2.72. The van der Waals surface area contributed by atoms with Gasteiger partial charge in [-0.1, -0.05) is 36.4 Å². The fourth-order valence-corrected chi connectivity index (χ4v) is 2.61. The molecule has 2 N–H and O–H groups in total. The lowest BCUT2D eigenvalue weighted by Gasteiger charge is -2.15. The number of hydrogen-bond donors (Lipinski definition) is 2. The Morgan fingerprint density at radius 2 is 1.88 bits per heavy atom. The van der Waals surface area contributed by atoms with Crippen LogP contribution in [0, 0.1) is 0 Å². The first-order chi connectivity index (χ1) is 11.7. The molecule has 2 aromatic carbocycles. The van der Waals surface area contributed by atoms with Crippen molar-refractivity contribution < 1.29 is 14.3 Å². The van der Waals surface area contributed by atoms with E-state index in [-0.39, 0.29) is 18.9 Å². The topological polar surface area (TPSA) is 59.6 Å². The standard InChI is InChI=1S/C19H22N2O3/c1-14(7-8-15-5-3-2-4-6-15)21-19(22)20-12-16-9-10-17-18(11-16)24-13-23-17/h2-6,9-11,14H,7-8,12-13H2,1H3,(H2,20,21,22). The van der Waals surface area contributed by atoms with E-state index in [1.165, 1.54) is 5.56 Å². The number of carbonyl (C=O) groups is 1. The minimum atomic E-state index is -0.159. The summed E-state index contributed by atoms with van der Waals surface area (Å²) in [6, 6.07) is 15.9. The Kier molecular flexibility index (Phi) is 5.21. The predicted molar refractivity (Wildman–Crippen MR) is 92.2 cm³/mol. The first-order valence-electron chi connectivity index (χ1n) is 8.17. The summed E-state index contributed by atoms with van der Waals surface area (Å²) in [5, 5.41) is 5.84. The zero-order valence-corrected chi connectivity index (χ0v) is 13.7. The van der Waals surface area contributed by atoms with Gasteiger partial charge in [-0.15, -0.1) is 0 Å². The molecule has 0 radical (unpaired) electrons. The highest BCUT2D eigenvalue weighted by molar-refractivity contribution is 5.74. The van der Waals surface area contributed by atoms with Gasteiger partial charge in [-0.2, -0.15) is 0 Å². The molecular formula is C19H22N2O3. The van der Waals surface area contributed by atoms with Crippen LogP contribution in [0.1, 0.15) is 24.5 Å². The van der Waals surface area contributed by atoms with Gasteiger partial charge in [0.25, 0.3) is 0 Å². The molecule has 1 heterocycles. The quantitative estimate of drug-likeness (QED) is 0.857. The fraction of sp³-hybridized carbons (Fsp3) is 0.316. The number of amides is 2. The second kappa shape index (κ2) is 7.73. The molecule has 0 saturated carbocycles. The van der Waals surface area contributed by atoms with Gasteiger partial charge in [0.15, 0.2) is 11.5 Å². The number of ether oxygens (including phenoxy) is 2. The van der Waals surface area contributed by atoms with Gasteiger partial charge in [0.05, 0.1) is 0 Å². The van der Waals surface area contributed by atoms with Crippen LogP contribution in [0.5, 0.6) is 11.5 Å². The number of benzene rings is 2. The third kappa shape index (κ3) is 4.41. The Balaban J connectivity index is 1.40. The van der Waals surface area contributed by atoms with E-state index in [0.29, 0.717) is 6.54 Å². The summed E-state index contributed by atoms with van der Waals surface area (Å²) in [5.41, 5.74) is 2.26. The monoisotopic (exact) mass is 326 g/mol. The van der Waals surface area contributed by atoms with Crippen molar-refractivity contribution in [3.05, 3.63) is 59.7 Å². The first-order valence-corrected chi connectivity index (χ1v) is 8.17. The van der Waals surface area contributed by atoms with Crippen molar-refractivity contribution in [3.63, 3.8) is 0 Å². The number of carbonyl (C=O) groups excluding carboxylic acids is 1. The maximum Gasteiger partial charge on any atom is 0.315 e. The maximum atomic E-state index is 12.0. The van der Waals surface area contributed by atoms with Crippen molar-refractivity contribution >= 4 is 6.03 Å². The van der Waals surface area contributed by atoms with E-state index >= 15 is 0 Å². The number of rotatable bonds is 6. The van der Waals surface area contributed by atoms with E-state index in [2.05, 4.69) is 22.8 Å². The Morgan fingerprint density at radius 1 is 1.08 bits per heavy atom. The summed E-state index contributed by atoms with van der Waals surface area (Å²) >= 11 is 0.